The van der Waals surface area contributed by atoms with Gasteiger partial charge in [0.25, 0.3) is 5.91 Å². The van der Waals surface area contributed by atoms with Crippen molar-refractivity contribution in [3.63, 3.8) is 0 Å². The van der Waals surface area contributed by atoms with Crippen molar-refractivity contribution in [2.75, 3.05) is 11.9 Å². The molecule has 0 atom stereocenters. The minimum absolute atomic E-state index is 0.00976. The number of nitriles is 1. The number of rotatable bonds is 6. The van der Waals surface area contributed by atoms with Crippen LogP contribution in [0.3, 0.4) is 0 Å². The average molecular weight is 406 g/mol. The van der Waals surface area contributed by atoms with E-state index < -0.39 is 5.91 Å². The number of nitrogens with one attached hydrogen (secondary N) is 1. The lowest BCUT2D eigenvalue weighted by Crippen LogP contribution is -2.13. The SMILES string of the molecule is CCOc1cc(/C=C(/C#N)C(=O)Nc2nnc(-c3ccc(C)cc3)s2)ccc1O. The number of carbonyl (C=O) groups is 1. The Morgan fingerprint density at radius 1 is 1.28 bits per heavy atom. The third-order valence-electron chi connectivity index (χ3n) is 3.90. The van der Waals surface area contributed by atoms with Crippen LogP contribution in [-0.2, 0) is 4.79 Å². The van der Waals surface area contributed by atoms with Crippen LogP contribution in [0, 0.1) is 18.3 Å². The predicted octanol–water partition coefficient (Wildman–Crippen LogP) is 4.16. The van der Waals surface area contributed by atoms with Gasteiger partial charge in [-0.1, -0.05) is 47.2 Å². The summed E-state index contributed by atoms with van der Waals surface area (Å²) in [7, 11) is 0. The molecule has 0 spiro atoms. The van der Waals surface area contributed by atoms with E-state index in [0.717, 1.165) is 11.1 Å². The van der Waals surface area contributed by atoms with Crippen molar-refractivity contribution in [3.05, 3.63) is 59.2 Å². The number of amides is 1. The molecule has 0 unspecified atom stereocenters. The van der Waals surface area contributed by atoms with Crippen molar-refractivity contribution < 1.29 is 14.6 Å². The van der Waals surface area contributed by atoms with Crippen LogP contribution in [0.5, 0.6) is 11.5 Å². The van der Waals surface area contributed by atoms with Crippen LogP contribution >= 0.6 is 11.3 Å². The highest BCUT2D eigenvalue weighted by Gasteiger charge is 2.14. The van der Waals surface area contributed by atoms with E-state index in [1.165, 1.54) is 23.5 Å². The second-order valence-electron chi connectivity index (χ2n) is 6.06. The largest absolute Gasteiger partial charge is 0.504 e. The van der Waals surface area contributed by atoms with Gasteiger partial charge in [-0.25, -0.2) is 0 Å². The maximum absolute atomic E-state index is 12.5. The van der Waals surface area contributed by atoms with Crippen LogP contribution in [-0.4, -0.2) is 27.8 Å². The average Bonchev–Trinajstić information content (AvgIpc) is 3.17. The highest BCUT2D eigenvalue weighted by atomic mass is 32.1. The molecular formula is C21H18N4O3S. The number of benzene rings is 2. The summed E-state index contributed by atoms with van der Waals surface area (Å²) in [6.07, 6.45) is 1.42. The maximum Gasteiger partial charge on any atom is 0.268 e. The van der Waals surface area contributed by atoms with Crippen molar-refractivity contribution in [2.45, 2.75) is 13.8 Å². The fraction of sp³-hybridized carbons (Fsp3) is 0.143. The van der Waals surface area contributed by atoms with Gasteiger partial charge in [0.1, 0.15) is 16.6 Å². The third-order valence-corrected chi connectivity index (χ3v) is 4.79. The number of nitrogens with zero attached hydrogens (tertiary/aromatic N) is 3. The molecule has 8 heteroatoms. The monoisotopic (exact) mass is 406 g/mol. The van der Waals surface area contributed by atoms with Crippen LogP contribution in [0.15, 0.2) is 48.0 Å². The molecule has 2 N–H and O–H groups in total. The molecule has 7 nitrogen and oxygen atoms in total. The van der Waals surface area contributed by atoms with E-state index in [1.54, 1.807) is 19.1 Å². The molecule has 0 radical (unpaired) electrons. The molecule has 0 saturated heterocycles. The first-order valence-electron chi connectivity index (χ1n) is 8.79. The van der Waals surface area contributed by atoms with Gasteiger partial charge in [0.2, 0.25) is 5.13 Å². The number of aryl methyl sites for hydroxylation is 1. The quantitative estimate of drug-likeness (QED) is 0.470. The van der Waals surface area contributed by atoms with Crippen molar-refractivity contribution in [2.24, 2.45) is 0 Å². The summed E-state index contributed by atoms with van der Waals surface area (Å²) in [5.74, 6) is -0.319. The molecular weight excluding hydrogens is 388 g/mol. The normalized spacial score (nSPS) is 11.0. The summed E-state index contributed by atoms with van der Waals surface area (Å²) in [5.41, 5.74) is 2.48. The van der Waals surface area contributed by atoms with Gasteiger partial charge < -0.3 is 9.84 Å². The fourth-order valence-electron chi connectivity index (χ4n) is 2.46. The van der Waals surface area contributed by atoms with Crippen molar-refractivity contribution >= 4 is 28.5 Å². The Labute approximate surface area is 171 Å². The second-order valence-corrected chi connectivity index (χ2v) is 7.04. The van der Waals surface area contributed by atoms with Gasteiger partial charge in [0.15, 0.2) is 11.5 Å². The van der Waals surface area contributed by atoms with Gasteiger partial charge in [-0.05, 0) is 37.6 Å². The van der Waals surface area contributed by atoms with Crippen LogP contribution < -0.4 is 10.1 Å². The summed E-state index contributed by atoms with van der Waals surface area (Å²) in [5, 5.41) is 30.8. The summed E-state index contributed by atoms with van der Waals surface area (Å²) in [6.45, 7) is 4.17. The Hall–Kier alpha value is -3.70. The number of carbonyl (C=O) groups excluding carboxylic acids is 1. The zero-order valence-corrected chi connectivity index (χ0v) is 16.7. The first-order valence-corrected chi connectivity index (χ1v) is 9.61. The second kappa shape index (κ2) is 8.99. The molecule has 0 aliphatic heterocycles. The molecule has 1 heterocycles. The van der Waals surface area contributed by atoms with E-state index in [4.69, 9.17) is 4.74 Å². The van der Waals surface area contributed by atoms with Gasteiger partial charge in [-0.2, -0.15) is 5.26 Å². The van der Waals surface area contributed by atoms with Gasteiger partial charge in [-0.3, -0.25) is 10.1 Å². The topological polar surface area (TPSA) is 108 Å². The fourth-order valence-corrected chi connectivity index (χ4v) is 3.20. The van der Waals surface area contributed by atoms with Crippen LogP contribution in [0.1, 0.15) is 18.1 Å². The molecule has 146 valence electrons. The molecule has 0 saturated carbocycles. The summed E-state index contributed by atoms with van der Waals surface area (Å²) in [4.78, 5) is 12.5. The van der Waals surface area contributed by atoms with Crippen LogP contribution in [0.4, 0.5) is 5.13 Å². The highest BCUT2D eigenvalue weighted by Crippen LogP contribution is 2.29. The Kier molecular flexibility index (Phi) is 6.22. The number of ether oxygens (including phenoxy) is 1. The lowest BCUT2D eigenvalue weighted by molar-refractivity contribution is -0.112. The van der Waals surface area contributed by atoms with Crippen molar-refractivity contribution in [3.8, 4) is 28.1 Å². The molecule has 0 aliphatic rings. The van der Waals surface area contributed by atoms with E-state index in [9.17, 15) is 15.2 Å². The predicted molar refractivity (Wildman–Crippen MR) is 112 cm³/mol. The first kappa shape index (κ1) is 20.0. The molecule has 0 bridgehead atoms. The minimum Gasteiger partial charge on any atom is -0.504 e. The lowest BCUT2D eigenvalue weighted by Gasteiger charge is -2.06. The first-order chi connectivity index (χ1) is 14.0. The Morgan fingerprint density at radius 2 is 2.03 bits per heavy atom. The van der Waals surface area contributed by atoms with Gasteiger partial charge in [0.05, 0.1) is 6.61 Å². The van der Waals surface area contributed by atoms with Gasteiger partial charge >= 0.3 is 0 Å². The zero-order chi connectivity index (χ0) is 20.8. The van der Waals surface area contributed by atoms with E-state index in [0.29, 0.717) is 22.3 Å². The van der Waals surface area contributed by atoms with E-state index >= 15 is 0 Å². The minimum atomic E-state index is -0.592. The Morgan fingerprint density at radius 3 is 2.72 bits per heavy atom. The molecule has 2 aromatic carbocycles. The number of aromatic hydroxyl groups is 1. The number of phenolic OH excluding ortho intramolecular Hbond substituents is 1. The number of hydrogen-bond donors (Lipinski definition) is 2. The van der Waals surface area contributed by atoms with Crippen LogP contribution in [0.25, 0.3) is 16.6 Å². The van der Waals surface area contributed by atoms with Crippen molar-refractivity contribution in [1.29, 1.82) is 5.26 Å². The van der Waals surface area contributed by atoms with E-state index in [-0.39, 0.29) is 17.1 Å². The summed E-state index contributed by atoms with van der Waals surface area (Å²) < 4.78 is 5.32. The van der Waals surface area contributed by atoms with Crippen molar-refractivity contribution in [1.82, 2.24) is 10.2 Å². The number of aromatic nitrogens is 2. The molecule has 0 aliphatic carbocycles. The third kappa shape index (κ3) is 4.97. The van der Waals surface area contributed by atoms with Crippen LogP contribution in [0.2, 0.25) is 0 Å². The zero-order valence-electron chi connectivity index (χ0n) is 15.8. The molecule has 0 fully saturated rings. The van der Waals surface area contributed by atoms with Gasteiger partial charge in [-0.15, -0.1) is 10.2 Å². The van der Waals surface area contributed by atoms with Gasteiger partial charge in [0, 0.05) is 5.56 Å². The van der Waals surface area contributed by atoms with E-state index in [1.807, 2.05) is 37.3 Å². The summed E-state index contributed by atoms with van der Waals surface area (Å²) >= 11 is 1.22. The maximum atomic E-state index is 12.5. The molecule has 29 heavy (non-hydrogen) atoms. The number of hydrogen-bond acceptors (Lipinski definition) is 7. The standard InChI is InChI=1S/C21H18N4O3S/c1-3-28-18-11-14(6-9-17(18)26)10-16(12-22)19(27)23-21-25-24-20(29-21)15-7-4-13(2)5-8-15/h4-11,26H,3H2,1-2H3,(H,23,25,27)/b16-10-. The molecule has 3 rings (SSSR count). The summed E-state index contributed by atoms with van der Waals surface area (Å²) in [6, 6.07) is 14.3. The highest BCUT2D eigenvalue weighted by molar-refractivity contribution is 7.18. The number of anilines is 1. The molecule has 3 aromatic rings. The Balaban J connectivity index is 1.77. The number of phenols is 1. The lowest BCUT2D eigenvalue weighted by atomic mass is 10.1. The smallest absolute Gasteiger partial charge is 0.268 e. The van der Waals surface area contributed by atoms with E-state index in [2.05, 4.69) is 15.5 Å². The Bertz CT molecular complexity index is 1100. The molecule has 1 amide bonds. The molecule has 1 aromatic heterocycles.